The molecule has 1 heterocycles. The molecule has 96 valence electrons. The number of likely N-dealkylation sites (tertiary alicyclic amines) is 1. The smallest absolute Gasteiger partial charge is 0.125 e. The third-order valence-electron chi connectivity index (χ3n) is 4.36. The molecule has 0 amide bonds. The van der Waals surface area contributed by atoms with Crippen LogP contribution in [0.2, 0.25) is 0 Å². The van der Waals surface area contributed by atoms with Crippen molar-refractivity contribution < 1.29 is 9.85 Å². The Balaban J connectivity index is 2.99. The van der Waals surface area contributed by atoms with E-state index in [0.29, 0.717) is 0 Å². The molecule has 0 unspecified atom stereocenters. The zero-order chi connectivity index (χ0) is 12.6. The van der Waals surface area contributed by atoms with Gasteiger partial charge < -0.3 is 5.73 Å². The van der Waals surface area contributed by atoms with Crippen molar-refractivity contribution in [1.29, 1.82) is 0 Å². The average molecular weight is 229 g/mol. The third kappa shape index (κ3) is 2.13. The first-order valence-corrected chi connectivity index (χ1v) is 6.53. The van der Waals surface area contributed by atoms with Crippen molar-refractivity contribution >= 4 is 0 Å². The van der Waals surface area contributed by atoms with Gasteiger partial charge in [-0.25, -0.2) is 5.21 Å². The Kier molecular flexibility index (Phi) is 3.73. The van der Waals surface area contributed by atoms with Gasteiger partial charge in [-0.3, -0.25) is 0 Å². The molecule has 3 heteroatoms. The summed E-state index contributed by atoms with van der Waals surface area (Å²) in [5.74, 6) is 0. The van der Waals surface area contributed by atoms with Gasteiger partial charge in [0.2, 0.25) is 0 Å². The molecule has 0 aromatic carbocycles. The monoisotopic (exact) mass is 229 g/mol. The van der Waals surface area contributed by atoms with E-state index in [0.717, 1.165) is 32.2 Å². The van der Waals surface area contributed by atoms with Gasteiger partial charge in [0, 0.05) is 18.9 Å². The fourth-order valence-corrected chi connectivity index (χ4v) is 3.47. The summed E-state index contributed by atoms with van der Waals surface area (Å²) < 4.78 is 0.168. The van der Waals surface area contributed by atoms with Crippen molar-refractivity contribution in [1.82, 2.24) is 0 Å². The zero-order valence-corrected chi connectivity index (χ0v) is 11.6. The molecule has 1 aliphatic rings. The molecule has 0 aliphatic carbocycles. The van der Waals surface area contributed by atoms with E-state index in [1.807, 2.05) is 0 Å². The Morgan fingerprint density at radius 3 is 2.00 bits per heavy atom. The first kappa shape index (κ1) is 13.9. The van der Waals surface area contributed by atoms with Gasteiger partial charge in [0.1, 0.15) is 17.6 Å². The number of piperidine rings is 1. The summed E-state index contributed by atoms with van der Waals surface area (Å²) in [5.41, 5.74) is 5.83. The summed E-state index contributed by atoms with van der Waals surface area (Å²) >= 11 is 0. The van der Waals surface area contributed by atoms with Crippen LogP contribution in [0, 0.1) is 0 Å². The highest BCUT2D eigenvalue weighted by atomic mass is 16.6. The molecule has 0 radical (unpaired) electrons. The van der Waals surface area contributed by atoms with Crippen LogP contribution in [0.4, 0.5) is 0 Å². The van der Waals surface area contributed by atoms with Gasteiger partial charge in [-0.15, -0.1) is 0 Å². The van der Waals surface area contributed by atoms with Crippen molar-refractivity contribution in [3.05, 3.63) is 0 Å². The van der Waals surface area contributed by atoms with Gasteiger partial charge in [0.05, 0.1) is 0 Å². The molecule has 0 bridgehead atoms. The standard InChI is InChI=1S/C13H29N2O/c1-6-7-8-15(16)12(2,3)9-11(14)10-13(15,4)5/h11,16H,6-10,14H2,1-5H3/q+1. The maximum Gasteiger partial charge on any atom is 0.125 e. The lowest BCUT2D eigenvalue weighted by atomic mass is 9.76. The summed E-state index contributed by atoms with van der Waals surface area (Å²) in [6.45, 7) is 11.6. The molecular formula is C13H29N2O+. The van der Waals surface area contributed by atoms with Gasteiger partial charge in [-0.1, -0.05) is 13.3 Å². The second-order valence-corrected chi connectivity index (χ2v) is 6.64. The van der Waals surface area contributed by atoms with Gasteiger partial charge >= 0.3 is 0 Å². The van der Waals surface area contributed by atoms with E-state index in [9.17, 15) is 5.21 Å². The Morgan fingerprint density at radius 1 is 1.19 bits per heavy atom. The molecule has 0 aromatic heterocycles. The molecule has 1 saturated heterocycles. The van der Waals surface area contributed by atoms with Crippen molar-refractivity contribution in [2.24, 2.45) is 5.73 Å². The van der Waals surface area contributed by atoms with E-state index >= 15 is 0 Å². The predicted octanol–water partition coefficient (Wildman–Crippen LogP) is 2.67. The summed E-state index contributed by atoms with van der Waals surface area (Å²) in [7, 11) is 0. The van der Waals surface area contributed by atoms with Crippen molar-refractivity contribution in [2.75, 3.05) is 6.54 Å². The van der Waals surface area contributed by atoms with E-state index in [-0.39, 0.29) is 21.8 Å². The number of hydroxylamine groups is 3. The van der Waals surface area contributed by atoms with Crippen LogP contribution >= 0.6 is 0 Å². The van der Waals surface area contributed by atoms with Crippen molar-refractivity contribution in [3.8, 4) is 0 Å². The second kappa shape index (κ2) is 4.28. The SMILES string of the molecule is CCCC[N+]1(O)C(C)(C)CC(N)CC1(C)C. The zero-order valence-electron chi connectivity index (χ0n) is 11.6. The molecule has 1 rings (SSSR count). The largest absolute Gasteiger partial charge is 0.327 e. The summed E-state index contributed by atoms with van der Waals surface area (Å²) in [6.07, 6.45) is 3.99. The van der Waals surface area contributed by atoms with Crippen molar-refractivity contribution in [3.63, 3.8) is 0 Å². The Morgan fingerprint density at radius 2 is 1.62 bits per heavy atom. The fraction of sp³-hybridized carbons (Fsp3) is 1.00. The number of nitrogens with two attached hydrogens (primary N) is 1. The first-order valence-electron chi connectivity index (χ1n) is 6.53. The first-order chi connectivity index (χ1) is 7.16. The van der Waals surface area contributed by atoms with E-state index in [4.69, 9.17) is 5.73 Å². The maximum atomic E-state index is 11.1. The summed E-state index contributed by atoms with van der Waals surface area (Å²) in [5, 5.41) is 11.1. The number of hydrogen-bond acceptors (Lipinski definition) is 2. The number of nitrogens with zero attached hydrogens (tertiary/aromatic N) is 1. The van der Waals surface area contributed by atoms with Crippen LogP contribution in [0.5, 0.6) is 0 Å². The minimum absolute atomic E-state index is 0.143. The molecule has 3 nitrogen and oxygen atoms in total. The van der Waals surface area contributed by atoms with Gasteiger partial charge in [-0.2, -0.15) is 4.65 Å². The topological polar surface area (TPSA) is 46.2 Å². The molecule has 16 heavy (non-hydrogen) atoms. The maximum absolute atomic E-state index is 11.1. The molecular weight excluding hydrogens is 200 g/mol. The van der Waals surface area contributed by atoms with Crippen LogP contribution in [0.3, 0.4) is 0 Å². The lowest BCUT2D eigenvalue weighted by Crippen LogP contribution is -2.74. The van der Waals surface area contributed by atoms with Crippen LogP contribution < -0.4 is 5.73 Å². The quantitative estimate of drug-likeness (QED) is 0.731. The highest BCUT2D eigenvalue weighted by Crippen LogP contribution is 2.43. The Hall–Kier alpha value is -0.120. The van der Waals surface area contributed by atoms with Gasteiger partial charge in [0.25, 0.3) is 0 Å². The minimum Gasteiger partial charge on any atom is -0.327 e. The number of unbranched alkanes of at least 4 members (excludes halogenated alkanes) is 1. The molecule has 3 N–H and O–H groups in total. The van der Waals surface area contributed by atoms with Crippen molar-refractivity contribution in [2.45, 2.75) is 77.4 Å². The Bertz CT molecular complexity index is 230. The molecule has 1 aliphatic heterocycles. The number of quaternary nitrogens is 1. The predicted molar refractivity (Wildman–Crippen MR) is 67.2 cm³/mol. The van der Waals surface area contributed by atoms with Crippen LogP contribution in [0.25, 0.3) is 0 Å². The van der Waals surface area contributed by atoms with E-state index in [1.54, 1.807) is 0 Å². The second-order valence-electron chi connectivity index (χ2n) is 6.64. The highest BCUT2D eigenvalue weighted by molar-refractivity contribution is 4.90. The Labute approximate surface area is 100 Å². The van der Waals surface area contributed by atoms with Gasteiger partial charge in [0.15, 0.2) is 0 Å². The molecule has 1 fully saturated rings. The summed E-state index contributed by atoms with van der Waals surface area (Å²) in [4.78, 5) is 0. The molecule has 0 atom stereocenters. The molecule has 0 aromatic rings. The van der Waals surface area contributed by atoms with Crippen LogP contribution in [-0.2, 0) is 0 Å². The fourth-order valence-electron chi connectivity index (χ4n) is 3.47. The number of rotatable bonds is 3. The third-order valence-corrected chi connectivity index (χ3v) is 4.36. The van der Waals surface area contributed by atoms with E-state index in [2.05, 4.69) is 34.6 Å². The summed E-state index contributed by atoms with van der Waals surface area (Å²) in [6, 6.07) is 0.213. The van der Waals surface area contributed by atoms with Gasteiger partial charge in [-0.05, 0) is 34.1 Å². The van der Waals surface area contributed by atoms with E-state index < -0.39 is 0 Å². The minimum atomic E-state index is -0.143. The van der Waals surface area contributed by atoms with E-state index in [1.165, 1.54) is 0 Å². The molecule has 0 spiro atoms. The molecule has 0 saturated carbocycles. The van der Waals surface area contributed by atoms with Crippen LogP contribution in [-0.4, -0.2) is 33.5 Å². The lowest BCUT2D eigenvalue weighted by molar-refractivity contribution is -1.17. The highest BCUT2D eigenvalue weighted by Gasteiger charge is 2.58. The van der Waals surface area contributed by atoms with Crippen LogP contribution in [0.1, 0.15) is 60.3 Å². The average Bonchev–Trinajstić information content (AvgIpc) is 2.09. The number of hydrogen-bond donors (Lipinski definition) is 2. The lowest BCUT2D eigenvalue weighted by Gasteiger charge is -2.57. The van der Waals surface area contributed by atoms with Crippen LogP contribution in [0.15, 0.2) is 0 Å². The normalized spacial score (nSPS) is 37.3.